The maximum absolute atomic E-state index is 5.37. The number of hydrogen-bond acceptors (Lipinski definition) is 4. The molecule has 0 amide bonds. The summed E-state index contributed by atoms with van der Waals surface area (Å²) in [5.74, 6) is 0.842. The third-order valence-electron chi connectivity index (χ3n) is 3.09. The van der Waals surface area contributed by atoms with Crippen LogP contribution in [0.5, 0.6) is 0 Å². The summed E-state index contributed by atoms with van der Waals surface area (Å²) in [6.45, 7) is 1.66. The smallest absolute Gasteiger partial charge is 0.176 e. The lowest BCUT2D eigenvalue weighted by atomic mass is 10.1. The average Bonchev–Trinajstić information content (AvgIpc) is 2.94. The lowest BCUT2D eigenvalue weighted by molar-refractivity contribution is 0.0904. The molecule has 0 radical (unpaired) electrons. The normalized spacial score (nSPS) is 16.7. The predicted octanol–water partition coefficient (Wildman–Crippen LogP) is 1.86. The molecule has 2 aromatic heterocycles. The molecule has 0 aromatic carbocycles. The zero-order valence-electron chi connectivity index (χ0n) is 10.1. The number of nitrogens with one attached hydrogen (secondary N) is 1. The molecule has 3 heterocycles. The second-order valence-electron chi connectivity index (χ2n) is 4.36. The first-order valence-corrected chi connectivity index (χ1v) is 6.23. The highest BCUT2D eigenvalue weighted by atomic mass is 16.5. The molecular formula is C13H16N4O. The van der Waals surface area contributed by atoms with E-state index in [1.54, 1.807) is 17.1 Å². The fourth-order valence-electron chi connectivity index (χ4n) is 2.15. The Kier molecular flexibility index (Phi) is 3.23. The first-order valence-electron chi connectivity index (χ1n) is 6.23. The third-order valence-corrected chi connectivity index (χ3v) is 3.09. The molecule has 5 heteroatoms. The van der Waals surface area contributed by atoms with Crippen LogP contribution in [0.4, 0.5) is 5.69 Å². The van der Waals surface area contributed by atoms with Crippen molar-refractivity contribution in [3.8, 4) is 5.82 Å². The van der Waals surface area contributed by atoms with Gasteiger partial charge in [0.2, 0.25) is 0 Å². The Hall–Kier alpha value is -1.88. The van der Waals surface area contributed by atoms with Crippen LogP contribution in [0.1, 0.15) is 12.8 Å². The number of hydrogen-bond donors (Lipinski definition) is 1. The van der Waals surface area contributed by atoms with E-state index in [1.807, 2.05) is 24.4 Å². The fourth-order valence-corrected chi connectivity index (χ4v) is 2.15. The topological polar surface area (TPSA) is 52.0 Å². The summed E-state index contributed by atoms with van der Waals surface area (Å²) in [7, 11) is 0. The van der Waals surface area contributed by atoms with Gasteiger partial charge in [0.05, 0.1) is 5.69 Å². The number of nitrogens with zero attached hydrogens (tertiary/aromatic N) is 3. The number of rotatable bonds is 3. The van der Waals surface area contributed by atoms with Crippen LogP contribution in [0.15, 0.2) is 36.8 Å². The summed E-state index contributed by atoms with van der Waals surface area (Å²) in [6, 6.07) is 6.33. The molecule has 2 aromatic rings. The van der Waals surface area contributed by atoms with Crippen molar-refractivity contribution in [1.29, 1.82) is 0 Å². The number of anilines is 1. The van der Waals surface area contributed by atoms with Crippen molar-refractivity contribution < 1.29 is 4.74 Å². The minimum atomic E-state index is 0.456. The van der Waals surface area contributed by atoms with Crippen LogP contribution in [0.25, 0.3) is 5.82 Å². The van der Waals surface area contributed by atoms with Gasteiger partial charge in [0.25, 0.3) is 0 Å². The Morgan fingerprint density at radius 1 is 1.22 bits per heavy atom. The van der Waals surface area contributed by atoms with Crippen LogP contribution in [-0.2, 0) is 4.74 Å². The van der Waals surface area contributed by atoms with Gasteiger partial charge in [-0.1, -0.05) is 0 Å². The Morgan fingerprint density at radius 3 is 2.89 bits per heavy atom. The summed E-state index contributed by atoms with van der Waals surface area (Å²) in [4.78, 5) is 4.39. The average molecular weight is 244 g/mol. The van der Waals surface area contributed by atoms with Crippen molar-refractivity contribution in [3.63, 3.8) is 0 Å². The molecule has 18 heavy (non-hydrogen) atoms. The molecule has 0 atom stereocenters. The van der Waals surface area contributed by atoms with E-state index in [9.17, 15) is 0 Å². The van der Waals surface area contributed by atoms with Crippen molar-refractivity contribution in [1.82, 2.24) is 14.8 Å². The Bertz CT molecular complexity index is 491. The Labute approximate surface area is 106 Å². The van der Waals surface area contributed by atoms with Gasteiger partial charge in [0.15, 0.2) is 5.82 Å². The van der Waals surface area contributed by atoms with E-state index >= 15 is 0 Å². The largest absolute Gasteiger partial charge is 0.381 e. The molecule has 0 bridgehead atoms. The summed E-state index contributed by atoms with van der Waals surface area (Å²) < 4.78 is 7.15. The van der Waals surface area contributed by atoms with E-state index in [-0.39, 0.29) is 0 Å². The van der Waals surface area contributed by atoms with E-state index in [0.29, 0.717) is 6.04 Å². The Balaban J connectivity index is 1.83. The molecule has 1 aliphatic rings. The van der Waals surface area contributed by atoms with Crippen molar-refractivity contribution >= 4 is 5.69 Å². The van der Waals surface area contributed by atoms with E-state index < -0.39 is 0 Å². The van der Waals surface area contributed by atoms with Gasteiger partial charge in [-0.25, -0.2) is 9.67 Å². The molecule has 0 saturated carbocycles. The zero-order chi connectivity index (χ0) is 12.2. The second-order valence-corrected chi connectivity index (χ2v) is 4.36. The van der Waals surface area contributed by atoms with E-state index in [1.165, 1.54) is 0 Å². The highest BCUT2D eigenvalue weighted by Gasteiger charge is 2.15. The lowest BCUT2D eigenvalue weighted by Crippen LogP contribution is -2.28. The Morgan fingerprint density at radius 2 is 2.11 bits per heavy atom. The molecular weight excluding hydrogens is 228 g/mol. The zero-order valence-corrected chi connectivity index (χ0v) is 10.1. The monoisotopic (exact) mass is 244 g/mol. The predicted molar refractivity (Wildman–Crippen MR) is 68.8 cm³/mol. The van der Waals surface area contributed by atoms with E-state index in [0.717, 1.165) is 37.6 Å². The van der Waals surface area contributed by atoms with Crippen LogP contribution in [0, 0.1) is 0 Å². The SMILES string of the molecule is c1cnc(-n2cccn2)c(NC2CCOCC2)c1. The molecule has 0 aliphatic carbocycles. The molecule has 1 fully saturated rings. The quantitative estimate of drug-likeness (QED) is 0.895. The van der Waals surface area contributed by atoms with Gasteiger partial charge in [-0.2, -0.15) is 5.10 Å². The van der Waals surface area contributed by atoms with Crippen LogP contribution in [0.3, 0.4) is 0 Å². The first kappa shape index (κ1) is 11.2. The molecule has 3 rings (SSSR count). The first-order chi connectivity index (χ1) is 8.93. The summed E-state index contributed by atoms with van der Waals surface area (Å²) >= 11 is 0. The number of pyridine rings is 1. The van der Waals surface area contributed by atoms with Gasteiger partial charge >= 0.3 is 0 Å². The van der Waals surface area contributed by atoms with E-state index in [4.69, 9.17) is 4.74 Å². The van der Waals surface area contributed by atoms with Crippen molar-refractivity contribution in [3.05, 3.63) is 36.8 Å². The van der Waals surface area contributed by atoms with Gasteiger partial charge in [-0.05, 0) is 31.0 Å². The molecule has 1 saturated heterocycles. The molecule has 1 aliphatic heterocycles. The van der Waals surface area contributed by atoms with Crippen LogP contribution in [0.2, 0.25) is 0 Å². The number of ether oxygens (including phenoxy) is 1. The van der Waals surface area contributed by atoms with Crippen molar-refractivity contribution in [2.24, 2.45) is 0 Å². The maximum Gasteiger partial charge on any atom is 0.176 e. The van der Waals surface area contributed by atoms with Crippen LogP contribution >= 0.6 is 0 Å². The molecule has 94 valence electrons. The molecule has 0 spiro atoms. The minimum absolute atomic E-state index is 0.456. The highest BCUT2D eigenvalue weighted by molar-refractivity contribution is 5.56. The van der Waals surface area contributed by atoms with Gasteiger partial charge in [-0.15, -0.1) is 0 Å². The van der Waals surface area contributed by atoms with Gasteiger partial charge < -0.3 is 10.1 Å². The third kappa shape index (κ3) is 2.36. The van der Waals surface area contributed by atoms with Crippen molar-refractivity contribution in [2.75, 3.05) is 18.5 Å². The van der Waals surface area contributed by atoms with Crippen LogP contribution in [-0.4, -0.2) is 34.0 Å². The lowest BCUT2D eigenvalue weighted by Gasteiger charge is -2.24. The van der Waals surface area contributed by atoms with Gasteiger partial charge in [0, 0.05) is 37.8 Å². The summed E-state index contributed by atoms with van der Waals surface area (Å²) in [6.07, 6.45) is 7.51. The van der Waals surface area contributed by atoms with Gasteiger partial charge in [0.1, 0.15) is 0 Å². The summed E-state index contributed by atoms with van der Waals surface area (Å²) in [5, 5.41) is 7.76. The van der Waals surface area contributed by atoms with Gasteiger partial charge in [-0.3, -0.25) is 0 Å². The van der Waals surface area contributed by atoms with Crippen LogP contribution < -0.4 is 5.32 Å². The fraction of sp³-hybridized carbons (Fsp3) is 0.385. The summed E-state index contributed by atoms with van der Waals surface area (Å²) in [5.41, 5.74) is 1.02. The molecule has 5 nitrogen and oxygen atoms in total. The van der Waals surface area contributed by atoms with E-state index in [2.05, 4.69) is 15.4 Å². The van der Waals surface area contributed by atoms with Crippen molar-refractivity contribution in [2.45, 2.75) is 18.9 Å². The maximum atomic E-state index is 5.37. The minimum Gasteiger partial charge on any atom is -0.381 e. The standard InChI is InChI=1S/C13H16N4O/c1-3-12(16-11-4-9-18-10-5-11)13(14-6-1)17-8-2-7-15-17/h1-3,6-8,11,16H,4-5,9-10H2. The molecule has 0 unspecified atom stereocenters. The molecule has 1 N–H and O–H groups in total. The highest BCUT2D eigenvalue weighted by Crippen LogP contribution is 2.20. The second kappa shape index (κ2) is 5.18. The number of aromatic nitrogens is 3.